The van der Waals surface area contributed by atoms with Crippen LogP contribution in [0.25, 0.3) is 11.5 Å². The molecule has 1 fully saturated rings. The van der Waals surface area contributed by atoms with Gasteiger partial charge < -0.3 is 14.2 Å². The Labute approximate surface area is 165 Å². The highest BCUT2D eigenvalue weighted by Crippen LogP contribution is 2.18. The van der Waals surface area contributed by atoms with Gasteiger partial charge in [0.2, 0.25) is 5.89 Å². The zero-order valence-electron chi connectivity index (χ0n) is 16.2. The molecule has 0 unspecified atom stereocenters. The average Bonchev–Trinajstić information content (AvgIpc) is 3.04. The Bertz CT molecular complexity index is 817. The van der Waals surface area contributed by atoms with Crippen molar-refractivity contribution in [2.75, 3.05) is 39.3 Å². The topological polar surface area (TPSA) is 57.8 Å². The highest BCUT2D eigenvalue weighted by atomic mass is 32.1. The number of aryl methyl sites for hydroxylation is 1. The third-order valence-electron chi connectivity index (χ3n) is 4.92. The second-order valence-electron chi connectivity index (χ2n) is 6.74. The normalized spacial score (nSPS) is 15.1. The lowest BCUT2D eigenvalue weighted by Gasteiger charge is -2.36. The van der Waals surface area contributed by atoms with Crippen LogP contribution >= 0.6 is 12.2 Å². The minimum Gasteiger partial charge on any atom is -0.409 e. The van der Waals surface area contributed by atoms with Crippen molar-refractivity contribution >= 4 is 18.2 Å². The first-order valence-corrected chi connectivity index (χ1v) is 9.83. The van der Waals surface area contributed by atoms with E-state index in [1.54, 1.807) is 4.68 Å². The zero-order chi connectivity index (χ0) is 19.4. The van der Waals surface area contributed by atoms with Gasteiger partial charge in [-0.15, -0.1) is 5.10 Å². The molecule has 0 spiro atoms. The molecule has 0 aliphatic carbocycles. The molecule has 1 aromatic carbocycles. The molecule has 2 aromatic rings. The molecule has 1 aliphatic rings. The lowest BCUT2D eigenvalue weighted by atomic mass is 10.1. The number of amides is 2. The highest BCUT2D eigenvalue weighted by Gasteiger charge is 2.24. The Morgan fingerprint density at radius 3 is 2.37 bits per heavy atom. The highest BCUT2D eigenvalue weighted by molar-refractivity contribution is 7.71. The number of hydrogen-bond acceptors (Lipinski definition) is 5. The predicted molar refractivity (Wildman–Crippen MR) is 107 cm³/mol. The Hall–Kier alpha value is -2.19. The molecule has 0 radical (unpaired) electrons. The molecular weight excluding hydrogens is 362 g/mol. The van der Waals surface area contributed by atoms with Crippen molar-refractivity contribution in [2.24, 2.45) is 0 Å². The van der Waals surface area contributed by atoms with Gasteiger partial charge in [0.15, 0.2) is 0 Å². The first kappa shape index (κ1) is 19.6. The van der Waals surface area contributed by atoms with Gasteiger partial charge in [-0.25, -0.2) is 9.48 Å². The molecular formula is C19H27N5O2S. The Morgan fingerprint density at radius 1 is 1.15 bits per heavy atom. The number of piperazine rings is 1. The number of nitrogens with zero attached hydrogens (tertiary/aromatic N) is 5. The SMILES string of the molecule is CCN(CC)C(=O)N1CCN(Cn2nc(-c3ccc(C)cc3)oc2=S)CC1. The summed E-state index contributed by atoms with van der Waals surface area (Å²) in [7, 11) is 0. The van der Waals surface area contributed by atoms with E-state index in [0.29, 0.717) is 30.5 Å². The monoisotopic (exact) mass is 389 g/mol. The van der Waals surface area contributed by atoms with Crippen LogP contribution in [0.3, 0.4) is 0 Å². The molecule has 146 valence electrons. The smallest absolute Gasteiger partial charge is 0.320 e. The van der Waals surface area contributed by atoms with E-state index in [1.807, 2.05) is 54.8 Å². The third kappa shape index (κ3) is 4.56. The molecule has 8 heteroatoms. The van der Waals surface area contributed by atoms with Gasteiger partial charge in [-0.3, -0.25) is 4.90 Å². The maximum absolute atomic E-state index is 12.4. The van der Waals surface area contributed by atoms with Crippen LogP contribution < -0.4 is 0 Å². The van der Waals surface area contributed by atoms with Gasteiger partial charge in [0.05, 0.1) is 6.67 Å². The van der Waals surface area contributed by atoms with Crippen molar-refractivity contribution in [1.29, 1.82) is 0 Å². The zero-order valence-corrected chi connectivity index (χ0v) is 17.0. The minimum absolute atomic E-state index is 0.124. The van der Waals surface area contributed by atoms with Gasteiger partial charge in [0.25, 0.3) is 4.84 Å². The molecule has 0 bridgehead atoms. The predicted octanol–water partition coefficient (Wildman–Crippen LogP) is 3.22. The summed E-state index contributed by atoms with van der Waals surface area (Å²) in [4.78, 5) is 18.8. The van der Waals surface area contributed by atoms with Gasteiger partial charge in [-0.1, -0.05) is 17.7 Å². The lowest BCUT2D eigenvalue weighted by molar-refractivity contribution is 0.0964. The second-order valence-corrected chi connectivity index (χ2v) is 7.09. The summed E-state index contributed by atoms with van der Waals surface area (Å²) in [6.07, 6.45) is 0. The van der Waals surface area contributed by atoms with E-state index in [0.717, 1.165) is 31.7 Å². The standard InChI is InChI=1S/C19H27N5O2S/c1-4-22(5-2)18(25)23-12-10-21(11-13-23)14-24-19(27)26-17(20-24)16-8-6-15(3)7-9-16/h6-9H,4-5,10-14H2,1-3H3. The summed E-state index contributed by atoms with van der Waals surface area (Å²) in [6, 6.07) is 8.15. The van der Waals surface area contributed by atoms with Gasteiger partial charge in [-0.2, -0.15) is 0 Å². The van der Waals surface area contributed by atoms with Crippen molar-refractivity contribution in [1.82, 2.24) is 24.5 Å². The molecule has 1 aliphatic heterocycles. The Morgan fingerprint density at radius 2 is 1.78 bits per heavy atom. The van der Waals surface area contributed by atoms with E-state index < -0.39 is 0 Å². The van der Waals surface area contributed by atoms with Crippen molar-refractivity contribution in [3.63, 3.8) is 0 Å². The third-order valence-corrected chi connectivity index (χ3v) is 5.21. The Balaban J connectivity index is 1.60. The molecule has 0 N–H and O–H groups in total. The maximum Gasteiger partial charge on any atom is 0.320 e. The summed E-state index contributed by atoms with van der Waals surface area (Å²) in [5.41, 5.74) is 2.11. The molecule has 1 saturated heterocycles. The lowest BCUT2D eigenvalue weighted by Crippen LogP contribution is -2.53. The summed E-state index contributed by atoms with van der Waals surface area (Å²) in [5.74, 6) is 0.537. The van der Waals surface area contributed by atoms with E-state index in [2.05, 4.69) is 10.00 Å². The van der Waals surface area contributed by atoms with Gasteiger partial charge >= 0.3 is 6.03 Å². The molecule has 2 amide bonds. The van der Waals surface area contributed by atoms with Crippen LogP contribution in [0.5, 0.6) is 0 Å². The van der Waals surface area contributed by atoms with Crippen LogP contribution in [0.1, 0.15) is 19.4 Å². The average molecular weight is 390 g/mol. The van der Waals surface area contributed by atoms with Crippen molar-refractivity contribution in [2.45, 2.75) is 27.4 Å². The van der Waals surface area contributed by atoms with E-state index in [9.17, 15) is 4.79 Å². The number of carbonyl (C=O) groups excluding carboxylic acids is 1. The Kier molecular flexibility index (Phi) is 6.28. The molecule has 0 atom stereocenters. The fourth-order valence-corrected chi connectivity index (χ4v) is 3.35. The van der Waals surface area contributed by atoms with Crippen molar-refractivity contribution < 1.29 is 9.21 Å². The molecule has 0 saturated carbocycles. The molecule has 7 nitrogen and oxygen atoms in total. The summed E-state index contributed by atoms with van der Waals surface area (Å²) in [6.45, 7) is 11.1. The van der Waals surface area contributed by atoms with Gasteiger partial charge in [0, 0.05) is 44.8 Å². The minimum atomic E-state index is 0.124. The molecule has 2 heterocycles. The molecule has 3 rings (SSSR count). The van der Waals surface area contributed by atoms with E-state index in [-0.39, 0.29) is 6.03 Å². The van der Waals surface area contributed by atoms with Crippen LogP contribution in [0.15, 0.2) is 28.7 Å². The van der Waals surface area contributed by atoms with E-state index in [4.69, 9.17) is 16.6 Å². The molecule has 27 heavy (non-hydrogen) atoms. The fraction of sp³-hybridized carbons (Fsp3) is 0.526. The second kappa shape index (κ2) is 8.67. The molecule has 1 aromatic heterocycles. The number of benzene rings is 1. The quantitative estimate of drug-likeness (QED) is 0.735. The van der Waals surface area contributed by atoms with E-state index in [1.165, 1.54) is 5.56 Å². The van der Waals surface area contributed by atoms with Crippen LogP contribution in [-0.4, -0.2) is 69.8 Å². The summed E-state index contributed by atoms with van der Waals surface area (Å²) < 4.78 is 7.39. The van der Waals surface area contributed by atoms with Crippen LogP contribution in [0.4, 0.5) is 4.79 Å². The number of hydrogen-bond donors (Lipinski definition) is 0. The van der Waals surface area contributed by atoms with Gasteiger partial charge in [0.1, 0.15) is 0 Å². The van der Waals surface area contributed by atoms with Crippen molar-refractivity contribution in [3.05, 3.63) is 34.7 Å². The number of urea groups is 1. The first-order valence-electron chi connectivity index (χ1n) is 9.43. The van der Waals surface area contributed by atoms with Crippen LogP contribution in [0, 0.1) is 11.8 Å². The largest absolute Gasteiger partial charge is 0.409 e. The maximum atomic E-state index is 12.4. The van der Waals surface area contributed by atoms with Crippen LogP contribution in [0.2, 0.25) is 0 Å². The number of rotatable bonds is 5. The van der Waals surface area contributed by atoms with Crippen molar-refractivity contribution in [3.8, 4) is 11.5 Å². The number of aromatic nitrogens is 2. The first-order chi connectivity index (χ1) is 13.0. The van der Waals surface area contributed by atoms with Crippen LogP contribution in [-0.2, 0) is 6.67 Å². The summed E-state index contributed by atoms with van der Waals surface area (Å²) >= 11 is 5.33. The number of carbonyl (C=O) groups is 1. The van der Waals surface area contributed by atoms with Gasteiger partial charge in [-0.05, 0) is 45.1 Å². The summed E-state index contributed by atoms with van der Waals surface area (Å²) in [5, 5.41) is 4.53. The fourth-order valence-electron chi connectivity index (χ4n) is 3.17. The van der Waals surface area contributed by atoms with E-state index >= 15 is 0 Å².